The second-order valence-corrected chi connectivity index (χ2v) is 12.8. The number of aromatic nitrogens is 3. The summed E-state index contributed by atoms with van der Waals surface area (Å²) in [5, 5.41) is 14.9. The Morgan fingerprint density at radius 1 is 0.500 bits per heavy atom. The fourth-order valence-corrected chi connectivity index (χ4v) is 7.51. The Morgan fingerprint density at radius 2 is 1.10 bits per heavy atom. The molecule has 242 valence electrons. The van der Waals surface area contributed by atoms with Gasteiger partial charge in [-0.1, -0.05) is 133 Å². The number of nitriles is 1. The summed E-state index contributed by atoms with van der Waals surface area (Å²) in [6, 6.07) is 60.1. The first kappa shape index (κ1) is 29.6. The molecule has 5 nitrogen and oxygen atoms in total. The molecule has 52 heavy (non-hydrogen) atoms. The van der Waals surface area contributed by atoms with Crippen molar-refractivity contribution >= 4 is 43.7 Å². The zero-order chi connectivity index (χ0) is 34.6. The van der Waals surface area contributed by atoms with Gasteiger partial charge >= 0.3 is 0 Å². The number of benzene rings is 7. The van der Waals surface area contributed by atoms with Crippen molar-refractivity contribution in [3.63, 3.8) is 0 Å². The maximum absolute atomic E-state index is 10.6. The monoisotopic (exact) mass is 664 g/mol. The van der Waals surface area contributed by atoms with Gasteiger partial charge in [0.15, 0.2) is 5.82 Å². The van der Waals surface area contributed by atoms with Crippen LogP contribution in [0.1, 0.15) is 5.56 Å². The van der Waals surface area contributed by atoms with Gasteiger partial charge in [0.2, 0.25) is 0 Å². The Bertz CT molecular complexity index is 2950. The van der Waals surface area contributed by atoms with Crippen molar-refractivity contribution in [2.75, 3.05) is 0 Å². The van der Waals surface area contributed by atoms with Crippen LogP contribution in [0.25, 0.3) is 94.5 Å². The van der Waals surface area contributed by atoms with Crippen LogP contribution in [0.15, 0.2) is 174 Å². The van der Waals surface area contributed by atoms with Crippen LogP contribution in [-0.2, 0) is 0 Å². The Balaban J connectivity index is 1.33. The van der Waals surface area contributed by atoms with E-state index in [0.29, 0.717) is 22.8 Å². The molecule has 5 heteroatoms. The van der Waals surface area contributed by atoms with Crippen molar-refractivity contribution in [2.45, 2.75) is 0 Å². The molecule has 0 N–H and O–H groups in total. The molecule has 0 atom stereocenters. The summed E-state index contributed by atoms with van der Waals surface area (Å²) in [6.07, 6.45) is 0. The third-order valence-corrected chi connectivity index (χ3v) is 9.88. The minimum absolute atomic E-state index is 0.436. The van der Waals surface area contributed by atoms with Crippen molar-refractivity contribution < 1.29 is 4.42 Å². The highest BCUT2D eigenvalue weighted by Gasteiger charge is 2.24. The average molecular weight is 665 g/mol. The van der Waals surface area contributed by atoms with E-state index in [2.05, 4.69) is 89.5 Å². The summed E-state index contributed by atoms with van der Waals surface area (Å²) in [7, 11) is 0. The van der Waals surface area contributed by atoms with Gasteiger partial charge in [-0.15, -0.1) is 0 Å². The Morgan fingerprint density at radius 3 is 1.77 bits per heavy atom. The quantitative estimate of drug-likeness (QED) is 0.184. The zero-order valence-corrected chi connectivity index (χ0v) is 27.9. The standard InChI is InChI=1S/C47H28N4O/c48-29-38-44(31-16-6-2-7-17-31)49-47(50-45(38)32-18-8-3-9-19-32)37-28-33(30-14-4-1-5-15-30)24-26-40(37)51-39-22-12-10-21-36(39)43-41(51)27-25-35-34-20-11-13-23-42(34)52-46(35)43/h1-28H. The normalized spacial score (nSPS) is 11.4. The summed E-state index contributed by atoms with van der Waals surface area (Å²) < 4.78 is 8.90. The molecule has 0 fully saturated rings. The van der Waals surface area contributed by atoms with E-state index in [9.17, 15) is 5.26 Å². The number of fused-ring (bicyclic) bond motifs is 7. The summed E-state index contributed by atoms with van der Waals surface area (Å²) in [5.41, 5.74) is 11.0. The van der Waals surface area contributed by atoms with E-state index in [1.807, 2.05) is 91.0 Å². The molecule has 0 spiro atoms. The first-order chi connectivity index (χ1) is 25.8. The summed E-state index contributed by atoms with van der Waals surface area (Å²) in [5.74, 6) is 0.528. The number of furan rings is 1. The molecule has 10 aromatic rings. The number of para-hydroxylation sites is 2. The lowest BCUT2D eigenvalue weighted by Crippen LogP contribution is -2.04. The molecule has 10 rings (SSSR count). The summed E-state index contributed by atoms with van der Waals surface area (Å²) >= 11 is 0. The third kappa shape index (κ3) is 4.63. The van der Waals surface area contributed by atoms with Crippen LogP contribution in [0.2, 0.25) is 0 Å². The van der Waals surface area contributed by atoms with Gasteiger partial charge < -0.3 is 8.98 Å². The van der Waals surface area contributed by atoms with Gasteiger partial charge in [0.1, 0.15) is 22.8 Å². The highest BCUT2D eigenvalue weighted by Crippen LogP contribution is 2.43. The molecule has 0 saturated heterocycles. The highest BCUT2D eigenvalue weighted by atomic mass is 16.3. The molecule has 0 saturated carbocycles. The molecule has 0 unspecified atom stereocenters. The summed E-state index contributed by atoms with van der Waals surface area (Å²) in [4.78, 5) is 10.5. The van der Waals surface area contributed by atoms with Crippen molar-refractivity contribution in [3.8, 4) is 56.8 Å². The summed E-state index contributed by atoms with van der Waals surface area (Å²) in [6.45, 7) is 0. The Kier molecular flexibility index (Phi) is 6.80. The molecular weight excluding hydrogens is 637 g/mol. The van der Waals surface area contributed by atoms with E-state index in [1.54, 1.807) is 0 Å². The van der Waals surface area contributed by atoms with Gasteiger partial charge in [-0.2, -0.15) is 5.26 Å². The van der Waals surface area contributed by atoms with Crippen molar-refractivity contribution in [1.82, 2.24) is 14.5 Å². The van der Waals surface area contributed by atoms with Gasteiger partial charge in [0.25, 0.3) is 0 Å². The fraction of sp³-hybridized carbons (Fsp3) is 0. The Hall–Kier alpha value is -7.29. The van der Waals surface area contributed by atoms with Crippen LogP contribution in [0, 0.1) is 11.3 Å². The van der Waals surface area contributed by atoms with Crippen molar-refractivity contribution in [1.29, 1.82) is 5.26 Å². The molecule has 0 aliphatic heterocycles. The van der Waals surface area contributed by atoms with E-state index < -0.39 is 0 Å². The molecule has 3 heterocycles. The van der Waals surface area contributed by atoms with Crippen LogP contribution >= 0.6 is 0 Å². The lowest BCUT2D eigenvalue weighted by atomic mass is 9.98. The van der Waals surface area contributed by atoms with Crippen LogP contribution < -0.4 is 0 Å². The van der Waals surface area contributed by atoms with Gasteiger partial charge in [0, 0.05) is 32.8 Å². The zero-order valence-electron chi connectivity index (χ0n) is 27.9. The van der Waals surface area contributed by atoms with Crippen LogP contribution in [0.4, 0.5) is 0 Å². The molecule has 3 aromatic heterocycles. The number of hydrogen-bond acceptors (Lipinski definition) is 4. The molecular formula is C47H28N4O. The predicted molar refractivity (Wildman–Crippen MR) is 210 cm³/mol. The first-order valence-electron chi connectivity index (χ1n) is 17.2. The maximum Gasteiger partial charge on any atom is 0.162 e. The topological polar surface area (TPSA) is 67.6 Å². The van der Waals surface area contributed by atoms with Gasteiger partial charge in [-0.25, -0.2) is 9.97 Å². The molecule has 0 radical (unpaired) electrons. The van der Waals surface area contributed by atoms with Crippen molar-refractivity contribution in [3.05, 3.63) is 175 Å². The fourth-order valence-electron chi connectivity index (χ4n) is 7.51. The Labute approximate surface area is 299 Å². The lowest BCUT2D eigenvalue weighted by Gasteiger charge is -2.17. The first-order valence-corrected chi connectivity index (χ1v) is 17.2. The van der Waals surface area contributed by atoms with E-state index in [1.165, 1.54) is 0 Å². The minimum atomic E-state index is 0.436. The average Bonchev–Trinajstić information content (AvgIpc) is 3.77. The largest absolute Gasteiger partial charge is 0.455 e. The second-order valence-electron chi connectivity index (χ2n) is 12.8. The third-order valence-electron chi connectivity index (χ3n) is 9.88. The van der Waals surface area contributed by atoms with Crippen LogP contribution in [0.3, 0.4) is 0 Å². The van der Waals surface area contributed by atoms with E-state index in [-0.39, 0.29) is 0 Å². The van der Waals surface area contributed by atoms with Crippen molar-refractivity contribution in [2.24, 2.45) is 0 Å². The minimum Gasteiger partial charge on any atom is -0.455 e. The smallest absolute Gasteiger partial charge is 0.162 e. The van der Waals surface area contributed by atoms with Gasteiger partial charge in [0.05, 0.1) is 33.5 Å². The number of hydrogen-bond donors (Lipinski definition) is 0. The SMILES string of the molecule is N#Cc1c(-c2ccccc2)nc(-c2cc(-c3ccccc3)ccc2-n2c3ccccc3c3c4oc5ccccc5c4ccc32)nc1-c1ccccc1. The van der Waals surface area contributed by atoms with Crippen LogP contribution in [0.5, 0.6) is 0 Å². The molecule has 0 bridgehead atoms. The predicted octanol–water partition coefficient (Wildman–Crippen LogP) is 12.0. The maximum atomic E-state index is 10.6. The van der Waals surface area contributed by atoms with E-state index in [0.717, 1.165) is 77.2 Å². The molecule has 0 aliphatic rings. The van der Waals surface area contributed by atoms with Gasteiger partial charge in [-0.05, 0) is 47.5 Å². The van der Waals surface area contributed by atoms with E-state index >= 15 is 0 Å². The lowest BCUT2D eigenvalue weighted by molar-refractivity contribution is 0.673. The van der Waals surface area contributed by atoms with Crippen LogP contribution in [-0.4, -0.2) is 14.5 Å². The molecule has 7 aromatic carbocycles. The number of nitrogens with zero attached hydrogens (tertiary/aromatic N) is 4. The second kappa shape index (κ2) is 11.9. The van der Waals surface area contributed by atoms with Gasteiger partial charge in [-0.3, -0.25) is 0 Å². The molecule has 0 aliphatic carbocycles. The number of rotatable bonds is 5. The molecule has 0 amide bonds. The van der Waals surface area contributed by atoms with E-state index in [4.69, 9.17) is 14.4 Å². The highest BCUT2D eigenvalue weighted by molar-refractivity contribution is 6.24.